The Balaban J connectivity index is 1.84. The molecule has 1 aliphatic rings. The molecule has 0 aliphatic heterocycles. The first-order valence-corrected chi connectivity index (χ1v) is 8.34. The SMILES string of the molecule is CC(NC(=O)C1(c2ccccc2)CCCC1)c1ccc(F)cc1F. The van der Waals surface area contributed by atoms with E-state index < -0.39 is 23.1 Å². The predicted molar refractivity (Wildman–Crippen MR) is 89.5 cm³/mol. The Morgan fingerprint density at radius 3 is 2.38 bits per heavy atom. The van der Waals surface area contributed by atoms with Gasteiger partial charge in [-0.05, 0) is 31.4 Å². The number of rotatable bonds is 4. The van der Waals surface area contributed by atoms with Gasteiger partial charge in [-0.2, -0.15) is 0 Å². The van der Waals surface area contributed by atoms with E-state index in [1.165, 1.54) is 12.1 Å². The summed E-state index contributed by atoms with van der Waals surface area (Å²) in [6.45, 7) is 1.72. The molecule has 126 valence electrons. The molecule has 0 aromatic heterocycles. The quantitative estimate of drug-likeness (QED) is 0.869. The molecule has 1 unspecified atom stereocenters. The van der Waals surface area contributed by atoms with Gasteiger partial charge in [-0.25, -0.2) is 8.78 Å². The van der Waals surface area contributed by atoms with E-state index in [4.69, 9.17) is 0 Å². The Bertz CT molecular complexity index is 724. The predicted octanol–water partition coefficient (Wildman–Crippen LogP) is 4.65. The Morgan fingerprint density at radius 1 is 1.08 bits per heavy atom. The third kappa shape index (κ3) is 3.05. The molecule has 0 bridgehead atoms. The van der Waals surface area contributed by atoms with E-state index in [1.54, 1.807) is 6.92 Å². The summed E-state index contributed by atoms with van der Waals surface area (Å²) in [5.74, 6) is -1.34. The van der Waals surface area contributed by atoms with Crippen LogP contribution in [0.5, 0.6) is 0 Å². The fraction of sp³-hybridized carbons (Fsp3) is 0.350. The van der Waals surface area contributed by atoms with E-state index in [0.29, 0.717) is 5.56 Å². The minimum absolute atomic E-state index is 0.0811. The zero-order valence-corrected chi connectivity index (χ0v) is 13.7. The zero-order valence-electron chi connectivity index (χ0n) is 13.7. The molecule has 1 fully saturated rings. The summed E-state index contributed by atoms with van der Waals surface area (Å²) in [6, 6.07) is 12.7. The molecule has 0 spiro atoms. The van der Waals surface area contributed by atoms with Crippen LogP contribution < -0.4 is 5.32 Å². The summed E-state index contributed by atoms with van der Waals surface area (Å²) in [6.07, 6.45) is 3.59. The molecule has 3 rings (SSSR count). The van der Waals surface area contributed by atoms with E-state index in [-0.39, 0.29) is 5.91 Å². The lowest BCUT2D eigenvalue weighted by Gasteiger charge is -2.30. The maximum absolute atomic E-state index is 14.0. The van der Waals surface area contributed by atoms with Crippen LogP contribution in [0, 0.1) is 11.6 Å². The van der Waals surface area contributed by atoms with Crippen molar-refractivity contribution in [3.8, 4) is 0 Å². The molecule has 2 aromatic carbocycles. The van der Waals surface area contributed by atoms with Crippen LogP contribution in [-0.4, -0.2) is 5.91 Å². The number of carbonyl (C=O) groups is 1. The normalized spacial score (nSPS) is 17.5. The molecule has 1 amide bonds. The van der Waals surface area contributed by atoms with Crippen molar-refractivity contribution in [2.24, 2.45) is 0 Å². The van der Waals surface area contributed by atoms with E-state index in [2.05, 4.69) is 5.32 Å². The van der Waals surface area contributed by atoms with Gasteiger partial charge in [0.25, 0.3) is 0 Å². The van der Waals surface area contributed by atoms with Crippen molar-refractivity contribution >= 4 is 5.91 Å². The standard InChI is InChI=1S/C20H21F2NO/c1-14(17-10-9-16(21)13-18(17)22)23-19(24)20(11-5-6-12-20)15-7-3-2-4-8-15/h2-4,7-10,13-14H,5-6,11-12H2,1H3,(H,23,24). The fourth-order valence-corrected chi connectivity index (χ4v) is 3.65. The van der Waals surface area contributed by atoms with Gasteiger partial charge in [0.05, 0.1) is 11.5 Å². The van der Waals surface area contributed by atoms with Crippen LogP contribution in [0.25, 0.3) is 0 Å². The molecule has 4 heteroatoms. The summed E-state index contributed by atoms with van der Waals surface area (Å²) in [7, 11) is 0. The van der Waals surface area contributed by atoms with Gasteiger partial charge in [0, 0.05) is 11.6 Å². The minimum atomic E-state index is -0.636. The Hall–Kier alpha value is -2.23. The van der Waals surface area contributed by atoms with Crippen molar-refractivity contribution in [3.05, 3.63) is 71.3 Å². The second-order valence-electron chi connectivity index (χ2n) is 6.52. The molecule has 0 radical (unpaired) electrons. The van der Waals surface area contributed by atoms with Crippen molar-refractivity contribution in [2.45, 2.75) is 44.1 Å². The second-order valence-corrected chi connectivity index (χ2v) is 6.52. The lowest BCUT2D eigenvalue weighted by atomic mass is 9.77. The number of hydrogen-bond donors (Lipinski definition) is 1. The molecule has 1 N–H and O–H groups in total. The van der Waals surface area contributed by atoms with Crippen molar-refractivity contribution < 1.29 is 13.6 Å². The van der Waals surface area contributed by atoms with Crippen LogP contribution in [0.15, 0.2) is 48.5 Å². The maximum atomic E-state index is 14.0. The van der Waals surface area contributed by atoms with Crippen molar-refractivity contribution in [3.63, 3.8) is 0 Å². The zero-order chi connectivity index (χ0) is 17.2. The lowest BCUT2D eigenvalue weighted by molar-refractivity contribution is -0.127. The number of carbonyl (C=O) groups excluding carboxylic acids is 1. The number of nitrogens with one attached hydrogen (secondary N) is 1. The summed E-state index contributed by atoms with van der Waals surface area (Å²) in [5.41, 5.74) is 0.754. The number of amides is 1. The maximum Gasteiger partial charge on any atom is 0.231 e. The van der Waals surface area contributed by atoms with Gasteiger partial charge in [0.15, 0.2) is 0 Å². The molecule has 2 nitrogen and oxygen atoms in total. The minimum Gasteiger partial charge on any atom is -0.349 e. The molecular weight excluding hydrogens is 308 g/mol. The van der Waals surface area contributed by atoms with Crippen LogP contribution in [0.3, 0.4) is 0 Å². The van der Waals surface area contributed by atoms with Crippen LogP contribution >= 0.6 is 0 Å². The van der Waals surface area contributed by atoms with Crippen molar-refractivity contribution in [1.29, 1.82) is 0 Å². The molecular formula is C20H21F2NO. The summed E-state index contributed by atoms with van der Waals surface area (Å²) in [5, 5.41) is 2.94. The molecule has 0 heterocycles. The Kier molecular flexibility index (Phi) is 4.65. The third-order valence-corrected chi connectivity index (χ3v) is 4.99. The highest BCUT2D eigenvalue weighted by Gasteiger charge is 2.43. The van der Waals surface area contributed by atoms with E-state index in [0.717, 1.165) is 37.3 Å². The largest absolute Gasteiger partial charge is 0.349 e. The van der Waals surface area contributed by atoms with Crippen LogP contribution in [0.1, 0.15) is 49.8 Å². The van der Waals surface area contributed by atoms with Gasteiger partial charge in [-0.15, -0.1) is 0 Å². The van der Waals surface area contributed by atoms with Gasteiger partial charge >= 0.3 is 0 Å². The van der Waals surface area contributed by atoms with Gasteiger partial charge < -0.3 is 5.32 Å². The lowest BCUT2D eigenvalue weighted by Crippen LogP contribution is -2.43. The van der Waals surface area contributed by atoms with Crippen LogP contribution in [-0.2, 0) is 10.2 Å². The van der Waals surface area contributed by atoms with Gasteiger partial charge in [-0.3, -0.25) is 4.79 Å². The first-order chi connectivity index (χ1) is 11.5. The number of hydrogen-bond acceptors (Lipinski definition) is 1. The summed E-state index contributed by atoms with van der Waals surface area (Å²) in [4.78, 5) is 13.0. The highest BCUT2D eigenvalue weighted by molar-refractivity contribution is 5.88. The summed E-state index contributed by atoms with van der Waals surface area (Å²) >= 11 is 0. The average Bonchev–Trinajstić information content (AvgIpc) is 3.06. The fourth-order valence-electron chi connectivity index (χ4n) is 3.65. The second kappa shape index (κ2) is 6.71. The smallest absolute Gasteiger partial charge is 0.231 e. The van der Waals surface area contributed by atoms with Gasteiger partial charge in [0.2, 0.25) is 5.91 Å². The topological polar surface area (TPSA) is 29.1 Å². The highest BCUT2D eigenvalue weighted by Crippen LogP contribution is 2.41. The van der Waals surface area contributed by atoms with Gasteiger partial charge in [0.1, 0.15) is 11.6 Å². The number of halogens is 2. The van der Waals surface area contributed by atoms with Gasteiger partial charge in [-0.1, -0.05) is 49.2 Å². The molecule has 1 atom stereocenters. The molecule has 1 saturated carbocycles. The Labute approximate surface area is 140 Å². The van der Waals surface area contributed by atoms with Crippen LogP contribution in [0.4, 0.5) is 8.78 Å². The first-order valence-electron chi connectivity index (χ1n) is 8.34. The Morgan fingerprint density at radius 2 is 1.75 bits per heavy atom. The summed E-state index contributed by atoms with van der Waals surface area (Å²) < 4.78 is 27.0. The molecule has 1 aliphatic carbocycles. The molecule has 2 aromatic rings. The highest BCUT2D eigenvalue weighted by atomic mass is 19.1. The van der Waals surface area contributed by atoms with E-state index in [9.17, 15) is 13.6 Å². The van der Waals surface area contributed by atoms with E-state index >= 15 is 0 Å². The van der Waals surface area contributed by atoms with Crippen molar-refractivity contribution in [1.82, 2.24) is 5.32 Å². The molecule has 0 saturated heterocycles. The van der Waals surface area contributed by atoms with Crippen molar-refractivity contribution in [2.75, 3.05) is 0 Å². The third-order valence-electron chi connectivity index (χ3n) is 4.99. The molecule has 24 heavy (non-hydrogen) atoms. The average molecular weight is 329 g/mol. The van der Waals surface area contributed by atoms with E-state index in [1.807, 2.05) is 30.3 Å². The van der Waals surface area contributed by atoms with Crippen LogP contribution in [0.2, 0.25) is 0 Å². The first kappa shape index (κ1) is 16.6. The number of benzene rings is 2. The monoisotopic (exact) mass is 329 g/mol.